The SMILES string of the molecule is C1CCNCC1.C1CNCCN1.c1ccc2ncccc2c1. The van der Waals surface area contributed by atoms with Crippen molar-refractivity contribution in [1.82, 2.24) is 20.9 Å². The van der Waals surface area contributed by atoms with Gasteiger partial charge in [0.1, 0.15) is 0 Å². The van der Waals surface area contributed by atoms with Crippen molar-refractivity contribution in [2.45, 2.75) is 19.3 Å². The molecule has 0 saturated carbocycles. The molecule has 0 amide bonds. The van der Waals surface area contributed by atoms with Gasteiger partial charge in [-0.15, -0.1) is 0 Å². The highest BCUT2D eigenvalue weighted by atomic mass is 15.0. The van der Waals surface area contributed by atoms with Crippen molar-refractivity contribution < 1.29 is 0 Å². The minimum absolute atomic E-state index is 1.06. The van der Waals surface area contributed by atoms with Crippen molar-refractivity contribution in [3.63, 3.8) is 0 Å². The van der Waals surface area contributed by atoms with Crippen LogP contribution in [0.3, 0.4) is 0 Å². The molecule has 2 fully saturated rings. The molecular weight excluding hydrogens is 272 g/mol. The van der Waals surface area contributed by atoms with E-state index in [2.05, 4.69) is 33.1 Å². The van der Waals surface area contributed by atoms with Gasteiger partial charge in [0.25, 0.3) is 0 Å². The van der Waals surface area contributed by atoms with Crippen LogP contribution in [0.15, 0.2) is 42.6 Å². The fraction of sp³-hybridized carbons (Fsp3) is 0.500. The topological polar surface area (TPSA) is 49.0 Å². The van der Waals surface area contributed by atoms with E-state index in [-0.39, 0.29) is 0 Å². The summed E-state index contributed by atoms with van der Waals surface area (Å²) in [5.41, 5.74) is 1.06. The molecule has 22 heavy (non-hydrogen) atoms. The van der Waals surface area contributed by atoms with Crippen molar-refractivity contribution in [1.29, 1.82) is 0 Å². The Morgan fingerprint density at radius 3 is 1.73 bits per heavy atom. The second-order valence-electron chi connectivity index (χ2n) is 5.51. The molecule has 4 nitrogen and oxygen atoms in total. The van der Waals surface area contributed by atoms with Gasteiger partial charge >= 0.3 is 0 Å². The first-order valence-corrected chi connectivity index (χ1v) is 8.39. The fourth-order valence-corrected chi connectivity index (χ4v) is 2.42. The maximum Gasteiger partial charge on any atom is 0.0701 e. The van der Waals surface area contributed by atoms with E-state index in [4.69, 9.17) is 0 Å². The molecule has 3 N–H and O–H groups in total. The molecule has 4 heteroatoms. The van der Waals surface area contributed by atoms with Gasteiger partial charge in [-0.05, 0) is 38.1 Å². The third-order valence-corrected chi connectivity index (χ3v) is 3.68. The summed E-state index contributed by atoms with van der Waals surface area (Å²) in [4.78, 5) is 4.18. The molecule has 0 unspecified atom stereocenters. The first-order chi connectivity index (χ1) is 11.0. The standard InChI is InChI=1S/C9H7N.C5H11N.C4H10N2/c1-2-6-9-8(4-1)5-3-7-10-9;1-2-4-6-5-3-1;1-2-6-4-3-5-1/h1-7H;6H,1-5H2;5-6H,1-4H2. The summed E-state index contributed by atoms with van der Waals surface area (Å²) >= 11 is 0. The van der Waals surface area contributed by atoms with E-state index >= 15 is 0 Å². The molecule has 0 bridgehead atoms. The van der Waals surface area contributed by atoms with E-state index in [9.17, 15) is 0 Å². The number of piperazine rings is 1. The number of hydrogen-bond acceptors (Lipinski definition) is 4. The van der Waals surface area contributed by atoms with Crippen LogP contribution in [0.25, 0.3) is 10.9 Å². The van der Waals surface area contributed by atoms with Gasteiger partial charge in [-0.2, -0.15) is 0 Å². The Kier molecular flexibility index (Phi) is 8.53. The molecule has 0 radical (unpaired) electrons. The number of nitrogens with zero attached hydrogens (tertiary/aromatic N) is 1. The normalized spacial score (nSPS) is 17.6. The summed E-state index contributed by atoms with van der Waals surface area (Å²) in [5.74, 6) is 0. The Balaban J connectivity index is 0.000000128. The second kappa shape index (κ2) is 11.1. The maximum atomic E-state index is 4.18. The first kappa shape index (κ1) is 16.9. The number of rotatable bonds is 0. The monoisotopic (exact) mass is 300 g/mol. The van der Waals surface area contributed by atoms with Gasteiger partial charge in [-0.1, -0.05) is 30.7 Å². The molecule has 1 aromatic carbocycles. The molecule has 2 aliphatic rings. The molecule has 2 saturated heterocycles. The zero-order chi connectivity index (χ0) is 15.3. The van der Waals surface area contributed by atoms with E-state index in [0.29, 0.717) is 0 Å². The maximum absolute atomic E-state index is 4.18. The molecule has 3 heterocycles. The minimum atomic E-state index is 1.06. The first-order valence-electron chi connectivity index (χ1n) is 8.39. The number of nitrogens with one attached hydrogen (secondary N) is 3. The molecule has 0 atom stereocenters. The van der Waals surface area contributed by atoms with Crippen molar-refractivity contribution in [2.24, 2.45) is 0 Å². The summed E-state index contributed by atoms with van der Waals surface area (Å²) in [6, 6.07) is 12.1. The Morgan fingerprint density at radius 1 is 0.636 bits per heavy atom. The number of para-hydroxylation sites is 1. The van der Waals surface area contributed by atoms with Crippen LogP contribution < -0.4 is 16.0 Å². The van der Waals surface area contributed by atoms with Gasteiger partial charge < -0.3 is 16.0 Å². The van der Waals surface area contributed by atoms with Crippen LogP contribution in [0.1, 0.15) is 19.3 Å². The Morgan fingerprint density at radius 2 is 1.23 bits per heavy atom. The van der Waals surface area contributed by atoms with Gasteiger partial charge in [0.2, 0.25) is 0 Å². The Hall–Kier alpha value is -1.49. The number of hydrogen-bond donors (Lipinski definition) is 3. The van der Waals surface area contributed by atoms with Crippen molar-refractivity contribution in [2.75, 3.05) is 39.3 Å². The van der Waals surface area contributed by atoms with E-state index in [0.717, 1.165) is 31.7 Å². The van der Waals surface area contributed by atoms with Gasteiger partial charge in [-0.25, -0.2) is 0 Å². The fourth-order valence-electron chi connectivity index (χ4n) is 2.42. The van der Waals surface area contributed by atoms with Gasteiger partial charge in [0.05, 0.1) is 5.52 Å². The summed E-state index contributed by atoms with van der Waals surface area (Å²) in [6.45, 7) is 7.06. The lowest BCUT2D eigenvalue weighted by Gasteiger charge is -2.11. The van der Waals surface area contributed by atoms with Crippen LogP contribution in [0.5, 0.6) is 0 Å². The smallest absolute Gasteiger partial charge is 0.0701 e. The molecule has 1 aromatic heterocycles. The van der Waals surface area contributed by atoms with Crippen LogP contribution in [-0.4, -0.2) is 44.3 Å². The number of pyridine rings is 1. The predicted molar refractivity (Wildman–Crippen MR) is 94.2 cm³/mol. The van der Waals surface area contributed by atoms with Crippen LogP contribution in [0, 0.1) is 0 Å². The van der Waals surface area contributed by atoms with E-state index < -0.39 is 0 Å². The molecule has 2 aromatic rings. The van der Waals surface area contributed by atoms with Crippen molar-refractivity contribution >= 4 is 10.9 Å². The molecule has 4 rings (SSSR count). The van der Waals surface area contributed by atoms with Crippen molar-refractivity contribution in [3.8, 4) is 0 Å². The number of aromatic nitrogens is 1. The third kappa shape index (κ3) is 6.98. The van der Waals surface area contributed by atoms with Crippen molar-refractivity contribution in [3.05, 3.63) is 42.6 Å². The van der Waals surface area contributed by atoms with Crippen LogP contribution >= 0.6 is 0 Å². The third-order valence-electron chi connectivity index (χ3n) is 3.68. The molecule has 0 spiro atoms. The lowest BCUT2D eigenvalue weighted by Crippen LogP contribution is -2.39. The zero-order valence-corrected chi connectivity index (χ0v) is 13.4. The highest BCUT2D eigenvalue weighted by Gasteiger charge is 1.93. The van der Waals surface area contributed by atoms with Gasteiger partial charge in [-0.3, -0.25) is 4.98 Å². The average molecular weight is 300 g/mol. The van der Waals surface area contributed by atoms with E-state index in [1.807, 2.05) is 30.5 Å². The van der Waals surface area contributed by atoms with E-state index in [1.165, 1.54) is 37.7 Å². The molecule has 120 valence electrons. The van der Waals surface area contributed by atoms with Crippen LogP contribution in [0.2, 0.25) is 0 Å². The van der Waals surface area contributed by atoms with E-state index in [1.54, 1.807) is 0 Å². The lowest BCUT2D eigenvalue weighted by atomic mass is 10.2. The molecular formula is C18H28N4. The zero-order valence-electron chi connectivity index (χ0n) is 13.4. The average Bonchev–Trinajstić information content (AvgIpc) is 2.66. The second-order valence-corrected chi connectivity index (χ2v) is 5.51. The highest BCUT2D eigenvalue weighted by molar-refractivity contribution is 5.77. The predicted octanol–water partition coefficient (Wildman–Crippen LogP) is 2.17. The number of piperidine rings is 1. The summed E-state index contributed by atoms with van der Waals surface area (Å²) in [7, 11) is 0. The lowest BCUT2D eigenvalue weighted by molar-refractivity contribution is 0.520. The van der Waals surface area contributed by atoms with Gasteiger partial charge in [0, 0.05) is 37.8 Å². The minimum Gasteiger partial charge on any atom is -0.317 e. The number of benzene rings is 1. The Bertz CT molecular complexity index is 407. The molecule has 0 aliphatic carbocycles. The highest BCUT2D eigenvalue weighted by Crippen LogP contribution is 2.07. The Labute approximate surface area is 133 Å². The summed E-state index contributed by atoms with van der Waals surface area (Å²) in [6.07, 6.45) is 6.02. The summed E-state index contributed by atoms with van der Waals surface area (Å²) < 4.78 is 0. The largest absolute Gasteiger partial charge is 0.317 e. The quantitative estimate of drug-likeness (QED) is 0.698. The van der Waals surface area contributed by atoms with Crippen LogP contribution in [-0.2, 0) is 0 Å². The summed E-state index contributed by atoms with van der Waals surface area (Å²) in [5, 5.41) is 10.9. The molecule has 2 aliphatic heterocycles. The van der Waals surface area contributed by atoms with Crippen LogP contribution in [0.4, 0.5) is 0 Å². The van der Waals surface area contributed by atoms with Gasteiger partial charge in [0.15, 0.2) is 0 Å². The number of fused-ring (bicyclic) bond motifs is 1.